The summed E-state index contributed by atoms with van der Waals surface area (Å²) in [4.78, 5) is 0. The van der Waals surface area contributed by atoms with Crippen molar-refractivity contribution in [2.24, 2.45) is 7.05 Å². The van der Waals surface area contributed by atoms with Gasteiger partial charge in [-0.3, -0.25) is 4.68 Å². The van der Waals surface area contributed by atoms with Gasteiger partial charge in [0.1, 0.15) is 0 Å². The maximum absolute atomic E-state index is 6.14. The van der Waals surface area contributed by atoms with Crippen LogP contribution in [0, 0.1) is 0 Å². The van der Waals surface area contributed by atoms with Gasteiger partial charge in [-0.05, 0) is 20.4 Å². The van der Waals surface area contributed by atoms with E-state index in [0.717, 1.165) is 12.2 Å². The van der Waals surface area contributed by atoms with Crippen molar-refractivity contribution in [3.05, 3.63) is 16.9 Å². The Labute approximate surface area is 102 Å². The Morgan fingerprint density at radius 3 is 2.69 bits per heavy atom. The Bertz CT molecular complexity index is 308. The molecule has 1 rings (SSSR count). The molecule has 0 aliphatic rings. The molecule has 0 saturated heterocycles. The van der Waals surface area contributed by atoms with E-state index in [9.17, 15) is 0 Å². The number of rotatable bonds is 6. The van der Waals surface area contributed by atoms with Crippen LogP contribution in [0.1, 0.15) is 32.5 Å². The van der Waals surface area contributed by atoms with E-state index < -0.39 is 0 Å². The van der Waals surface area contributed by atoms with E-state index in [1.807, 2.05) is 20.9 Å². The van der Waals surface area contributed by atoms with Crippen LogP contribution in [0.15, 0.2) is 6.20 Å². The van der Waals surface area contributed by atoms with Crippen LogP contribution in [0.5, 0.6) is 0 Å². The smallest absolute Gasteiger partial charge is 0.0835 e. The van der Waals surface area contributed by atoms with Gasteiger partial charge in [-0.1, -0.05) is 18.5 Å². The van der Waals surface area contributed by atoms with E-state index in [2.05, 4.69) is 17.3 Å². The topological polar surface area (TPSA) is 39.1 Å². The van der Waals surface area contributed by atoms with Crippen LogP contribution in [0.3, 0.4) is 0 Å². The van der Waals surface area contributed by atoms with Gasteiger partial charge < -0.3 is 10.1 Å². The Morgan fingerprint density at radius 2 is 2.25 bits per heavy atom. The molecule has 1 N–H and O–H groups in total. The predicted molar refractivity (Wildman–Crippen MR) is 65.7 cm³/mol. The molecule has 0 spiro atoms. The fourth-order valence-corrected chi connectivity index (χ4v) is 2.12. The monoisotopic (exact) mass is 245 g/mol. The van der Waals surface area contributed by atoms with E-state index in [4.69, 9.17) is 16.3 Å². The fourth-order valence-electron chi connectivity index (χ4n) is 1.83. The summed E-state index contributed by atoms with van der Waals surface area (Å²) in [6, 6.07) is 0.0740. The quantitative estimate of drug-likeness (QED) is 0.835. The van der Waals surface area contributed by atoms with Crippen molar-refractivity contribution in [2.45, 2.75) is 32.9 Å². The Morgan fingerprint density at radius 1 is 1.56 bits per heavy atom. The first kappa shape index (κ1) is 13.5. The number of hydrogen-bond acceptors (Lipinski definition) is 3. The van der Waals surface area contributed by atoms with Crippen molar-refractivity contribution in [2.75, 3.05) is 13.2 Å². The molecular weight excluding hydrogens is 226 g/mol. The Kier molecular flexibility index (Phi) is 5.25. The highest BCUT2D eigenvalue weighted by molar-refractivity contribution is 6.31. The third-order valence-corrected chi connectivity index (χ3v) is 2.85. The number of ether oxygens (including phenoxy) is 1. The van der Waals surface area contributed by atoms with Crippen molar-refractivity contribution >= 4 is 11.6 Å². The highest BCUT2D eigenvalue weighted by Gasteiger charge is 2.24. The van der Waals surface area contributed by atoms with E-state index >= 15 is 0 Å². The average Bonchev–Trinajstić information content (AvgIpc) is 2.56. The van der Waals surface area contributed by atoms with Gasteiger partial charge in [0, 0.05) is 13.7 Å². The first-order chi connectivity index (χ1) is 7.61. The summed E-state index contributed by atoms with van der Waals surface area (Å²) >= 11 is 6.14. The molecule has 0 fully saturated rings. The van der Waals surface area contributed by atoms with E-state index in [0.29, 0.717) is 11.6 Å². The van der Waals surface area contributed by atoms with Crippen molar-refractivity contribution in [3.8, 4) is 0 Å². The van der Waals surface area contributed by atoms with Gasteiger partial charge in [0.2, 0.25) is 0 Å². The zero-order valence-corrected chi connectivity index (χ0v) is 11.1. The number of halogens is 1. The number of hydrogen-bond donors (Lipinski definition) is 1. The Hall–Kier alpha value is -0.580. The first-order valence-corrected chi connectivity index (χ1v) is 6.01. The lowest BCUT2D eigenvalue weighted by Gasteiger charge is -2.25. The van der Waals surface area contributed by atoms with Crippen molar-refractivity contribution in [3.63, 3.8) is 0 Å². The zero-order chi connectivity index (χ0) is 12.1. The predicted octanol–water partition coefficient (Wildman–Crippen LogP) is 2.15. The van der Waals surface area contributed by atoms with Crippen molar-refractivity contribution < 1.29 is 4.74 Å². The van der Waals surface area contributed by atoms with E-state index in [1.54, 1.807) is 10.9 Å². The molecule has 0 bridgehead atoms. The van der Waals surface area contributed by atoms with Crippen LogP contribution in [0.4, 0.5) is 0 Å². The molecule has 16 heavy (non-hydrogen) atoms. The average molecular weight is 246 g/mol. The van der Waals surface area contributed by atoms with Gasteiger partial charge in [0.25, 0.3) is 0 Å². The van der Waals surface area contributed by atoms with E-state index in [1.165, 1.54) is 0 Å². The molecule has 1 aromatic rings. The summed E-state index contributed by atoms with van der Waals surface area (Å²) in [6.07, 6.45) is 1.73. The number of nitrogens with one attached hydrogen (secondary N) is 1. The van der Waals surface area contributed by atoms with Crippen molar-refractivity contribution in [1.82, 2.24) is 15.1 Å². The van der Waals surface area contributed by atoms with Gasteiger partial charge in [-0.25, -0.2) is 0 Å². The largest absolute Gasteiger partial charge is 0.377 e. The highest BCUT2D eigenvalue weighted by atomic mass is 35.5. The van der Waals surface area contributed by atoms with Crippen molar-refractivity contribution in [1.29, 1.82) is 0 Å². The SMILES string of the molecule is CCNC(c1c(Cl)cnn1C)C(C)OCC. The lowest BCUT2D eigenvalue weighted by molar-refractivity contribution is 0.0456. The lowest BCUT2D eigenvalue weighted by Crippen LogP contribution is -2.33. The second-order valence-corrected chi connectivity index (χ2v) is 4.10. The maximum Gasteiger partial charge on any atom is 0.0835 e. The minimum Gasteiger partial charge on any atom is -0.377 e. The third kappa shape index (κ3) is 2.97. The third-order valence-electron chi connectivity index (χ3n) is 2.56. The molecule has 1 aromatic heterocycles. The molecule has 0 saturated carbocycles. The molecule has 5 heteroatoms. The second kappa shape index (κ2) is 6.23. The molecule has 0 radical (unpaired) electrons. The van der Waals surface area contributed by atoms with Crippen LogP contribution in [0.2, 0.25) is 5.02 Å². The summed E-state index contributed by atoms with van der Waals surface area (Å²) in [5.41, 5.74) is 0.976. The molecular formula is C11H20ClN3O. The lowest BCUT2D eigenvalue weighted by atomic mass is 10.1. The molecule has 92 valence electrons. The van der Waals surface area contributed by atoms with Crippen LogP contribution in [-0.4, -0.2) is 29.0 Å². The van der Waals surface area contributed by atoms with Crippen LogP contribution >= 0.6 is 11.6 Å². The van der Waals surface area contributed by atoms with Gasteiger partial charge in [0.05, 0.1) is 29.1 Å². The standard InChI is InChI=1S/C11H20ClN3O/c1-5-13-10(8(3)16-6-2)11-9(12)7-14-15(11)4/h7-8,10,13H,5-6H2,1-4H3. The number of aryl methyl sites for hydroxylation is 1. The summed E-state index contributed by atoms with van der Waals surface area (Å²) < 4.78 is 7.42. The van der Waals surface area contributed by atoms with Crippen LogP contribution < -0.4 is 5.32 Å². The summed E-state index contributed by atoms with van der Waals surface area (Å²) in [5.74, 6) is 0. The van der Waals surface area contributed by atoms with Gasteiger partial charge in [0.15, 0.2) is 0 Å². The minimum absolute atomic E-state index is 0.0675. The molecule has 0 aliphatic carbocycles. The second-order valence-electron chi connectivity index (χ2n) is 3.70. The van der Waals surface area contributed by atoms with Gasteiger partial charge >= 0.3 is 0 Å². The van der Waals surface area contributed by atoms with Crippen LogP contribution in [-0.2, 0) is 11.8 Å². The highest BCUT2D eigenvalue weighted by Crippen LogP contribution is 2.25. The van der Waals surface area contributed by atoms with E-state index in [-0.39, 0.29) is 12.1 Å². The van der Waals surface area contributed by atoms with Gasteiger partial charge in [-0.2, -0.15) is 5.10 Å². The zero-order valence-electron chi connectivity index (χ0n) is 10.3. The van der Waals surface area contributed by atoms with Gasteiger partial charge in [-0.15, -0.1) is 0 Å². The summed E-state index contributed by atoms with van der Waals surface area (Å²) in [7, 11) is 1.89. The summed E-state index contributed by atoms with van der Waals surface area (Å²) in [5, 5.41) is 8.21. The maximum atomic E-state index is 6.14. The number of nitrogens with zero attached hydrogens (tertiary/aromatic N) is 2. The summed E-state index contributed by atoms with van der Waals surface area (Å²) in [6.45, 7) is 7.66. The minimum atomic E-state index is 0.0675. The molecule has 2 atom stereocenters. The first-order valence-electron chi connectivity index (χ1n) is 5.64. The molecule has 0 amide bonds. The number of aromatic nitrogens is 2. The normalized spacial score (nSPS) is 15.1. The molecule has 0 aromatic carbocycles. The van der Waals surface area contributed by atoms with Crippen LogP contribution in [0.25, 0.3) is 0 Å². The molecule has 1 heterocycles. The Balaban J connectivity index is 2.92. The number of likely N-dealkylation sites (N-methyl/N-ethyl adjacent to an activating group) is 1. The fraction of sp³-hybridized carbons (Fsp3) is 0.727. The molecule has 0 aliphatic heterocycles. The molecule has 4 nitrogen and oxygen atoms in total. The molecule has 2 unspecified atom stereocenters.